The number of rotatable bonds is 7. The van der Waals surface area contributed by atoms with Crippen molar-refractivity contribution in [3.05, 3.63) is 73.1 Å². The lowest BCUT2D eigenvalue weighted by atomic mass is 9.90. The van der Waals surface area contributed by atoms with Gasteiger partial charge >= 0.3 is 23.6 Å². The van der Waals surface area contributed by atoms with E-state index in [1.54, 1.807) is 30.3 Å². The molecule has 1 aromatic carbocycles. The van der Waals surface area contributed by atoms with Gasteiger partial charge in [-0.05, 0) is 18.6 Å². The van der Waals surface area contributed by atoms with Gasteiger partial charge in [0.15, 0.2) is 6.17 Å². The largest absolute Gasteiger partial charge is 0.596 e. The summed E-state index contributed by atoms with van der Waals surface area (Å²) in [6.07, 6.45) is 1.64. The minimum Gasteiger partial charge on any atom is -0.465 e. The SMILES string of the molecule is CCOC(=O)C(C1=NC2c3ccccc3C=CN2C(C(=O)OC)=C1C(=O)OC)([N+](=O)[O-])[N+](=O)[O-]. The van der Waals surface area contributed by atoms with Gasteiger partial charge in [0, 0.05) is 11.8 Å². The smallest absolute Gasteiger partial charge is 0.465 e. The highest BCUT2D eigenvalue weighted by atomic mass is 16.7. The van der Waals surface area contributed by atoms with E-state index in [-0.39, 0.29) is 0 Å². The van der Waals surface area contributed by atoms with Crippen molar-refractivity contribution < 1.29 is 38.4 Å². The minimum absolute atomic E-state index is 0.386. The summed E-state index contributed by atoms with van der Waals surface area (Å²) < 4.78 is 14.1. The van der Waals surface area contributed by atoms with E-state index in [9.17, 15) is 34.6 Å². The molecule has 1 aromatic rings. The van der Waals surface area contributed by atoms with E-state index in [4.69, 9.17) is 4.74 Å². The Bertz CT molecular complexity index is 1170. The van der Waals surface area contributed by atoms with Crippen LogP contribution in [-0.2, 0) is 28.6 Å². The molecule has 178 valence electrons. The Hall–Kier alpha value is -4.62. The molecule has 0 amide bonds. The first-order valence-electron chi connectivity index (χ1n) is 9.67. The third-order valence-electron chi connectivity index (χ3n) is 5.12. The van der Waals surface area contributed by atoms with Crippen LogP contribution in [0.15, 0.2) is 46.7 Å². The van der Waals surface area contributed by atoms with Crippen LogP contribution in [0.1, 0.15) is 24.2 Å². The molecule has 0 N–H and O–H groups in total. The standard InChI is InChI=1S/C20H18N4O10/c1-4-34-19(27)20(23(28)29,24(30)31)15-13(17(25)32-2)14(18(26)33-3)22-10-9-11-7-5-6-8-12(11)16(22)21-15/h5-10,16H,4H2,1-3H3. The van der Waals surface area contributed by atoms with E-state index in [2.05, 4.69) is 14.5 Å². The monoisotopic (exact) mass is 474 g/mol. The quantitative estimate of drug-likeness (QED) is 0.179. The second kappa shape index (κ2) is 9.09. The van der Waals surface area contributed by atoms with E-state index < -0.39 is 63.2 Å². The molecule has 0 saturated heterocycles. The Labute approximate surface area is 191 Å². The highest BCUT2D eigenvalue weighted by Gasteiger charge is 2.73. The van der Waals surface area contributed by atoms with Gasteiger partial charge in [0.2, 0.25) is 5.71 Å². The zero-order valence-electron chi connectivity index (χ0n) is 18.1. The molecule has 14 nitrogen and oxygen atoms in total. The number of benzene rings is 1. The van der Waals surface area contributed by atoms with Crippen LogP contribution in [0, 0.1) is 20.2 Å². The number of esters is 3. The molecule has 2 heterocycles. The third-order valence-corrected chi connectivity index (χ3v) is 5.12. The molecule has 0 fully saturated rings. The predicted molar refractivity (Wildman–Crippen MR) is 112 cm³/mol. The summed E-state index contributed by atoms with van der Waals surface area (Å²) in [6.45, 7) is 0.837. The summed E-state index contributed by atoms with van der Waals surface area (Å²) in [7, 11) is 1.87. The number of nitrogens with zero attached hydrogens (tertiary/aromatic N) is 4. The Balaban J connectivity index is 2.49. The lowest BCUT2D eigenvalue weighted by Gasteiger charge is -2.37. The zero-order chi connectivity index (χ0) is 25.2. The molecule has 0 saturated carbocycles. The van der Waals surface area contributed by atoms with Gasteiger partial charge in [0.1, 0.15) is 21.1 Å². The number of carbonyl (C=O) groups excluding carboxylic acids is 3. The molecular weight excluding hydrogens is 456 g/mol. The fourth-order valence-corrected chi connectivity index (χ4v) is 3.63. The van der Waals surface area contributed by atoms with Crippen molar-refractivity contribution in [2.24, 2.45) is 4.99 Å². The number of hydrogen-bond acceptors (Lipinski definition) is 12. The van der Waals surface area contributed by atoms with Crippen LogP contribution in [0.25, 0.3) is 6.08 Å². The molecule has 2 aliphatic rings. The van der Waals surface area contributed by atoms with Gasteiger partial charge in [0.25, 0.3) is 0 Å². The Morgan fingerprint density at radius 1 is 1.09 bits per heavy atom. The fraction of sp³-hybridized carbons (Fsp3) is 0.300. The number of hydrogen-bond donors (Lipinski definition) is 0. The number of ether oxygens (including phenoxy) is 3. The Kier molecular flexibility index (Phi) is 6.42. The lowest BCUT2D eigenvalue weighted by molar-refractivity contribution is -0.754. The number of aliphatic imine (C=N–C) groups is 1. The van der Waals surface area contributed by atoms with E-state index >= 15 is 0 Å². The summed E-state index contributed by atoms with van der Waals surface area (Å²) in [4.78, 5) is 64.9. The molecule has 1 atom stereocenters. The molecular formula is C20H18N4O10. The van der Waals surface area contributed by atoms with Crippen molar-refractivity contribution in [3.63, 3.8) is 0 Å². The number of methoxy groups -OCH3 is 2. The molecule has 14 heteroatoms. The first-order chi connectivity index (χ1) is 16.2. The summed E-state index contributed by atoms with van der Waals surface area (Å²) in [5, 5.41) is 24.3. The van der Waals surface area contributed by atoms with Gasteiger partial charge in [-0.15, -0.1) is 0 Å². The highest BCUT2D eigenvalue weighted by molar-refractivity contribution is 6.30. The normalized spacial score (nSPS) is 16.6. The summed E-state index contributed by atoms with van der Waals surface area (Å²) in [5.74, 6) is -4.46. The average Bonchev–Trinajstić information content (AvgIpc) is 2.82. The maximum absolute atomic E-state index is 12.8. The first kappa shape index (κ1) is 24.0. The van der Waals surface area contributed by atoms with E-state index in [1.165, 1.54) is 13.1 Å². The van der Waals surface area contributed by atoms with E-state index in [0.29, 0.717) is 11.1 Å². The molecule has 2 aliphatic heterocycles. The van der Waals surface area contributed by atoms with E-state index in [0.717, 1.165) is 19.1 Å². The maximum atomic E-state index is 12.8. The molecule has 0 aromatic heterocycles. The highest BCUT2D eigenvalue weighted by Crippen LogP contribution is 2.41. The molecule has 0 spiro atoms. The van der Waals surface area contributed by atoms with Crippen LogP contribution in [0.5, 0.6) is 0 Å². The van der Waals surface area contributed by atoms with Gasteiger partial charge < -0.3 is 19.1 Å². The number of fused-ring (bicyclic) bond motifs is 3. The number of nitro groups is 2. The van der Waals surface area contributed by atoms with Crippen LogP contribution in [0.2, 0.25) is 0 Å². The summed E-state index contributed by atoms with van der Waals surface area (Å²) in [6, 6.07) is 6.55. The second-order valence-electron chi connectivity index (χ2n) is 6.82. The zero-order valence-corrected chi connectivity index (χ0v) is 18.1. The van der Waals surface area contributed by atoms with Crippen molar-refractivity contribution in [2.45, 2.75) is 18.8 Å². The molecule has 34 heavy (non-hydrogen) atoms. The molecule has 0 bridgehead atoms. The van der Waals surface area contributed by atoms with Gasteiger partial charge in [0.05, 0.1) is 20.8 Å². The van der Waals surface area contributed by atoms with Crippen LogP contribution < -0.4 is 0 Å². The van der Waals surface area contributed by atoms with Crippen LogP contribution in [0.3, 0.4) is 0 Å². The third kappa shape index (κ3) is 3.44. The van der Waals surface area contributed by atoms with Crippen LogP contribution in [-0.4, -0.2) is 64.9 Å². The van der Waals surface area contributed by atoms with Crippen LogP contribution in [0.4, 0.5) is 0 Å². The van der Waals surface area contributed by atoms with E-state index in [1.807, 2.05) is 0 Å². The van der Waals surface area contributed by atoms with Gasteiger partial charge in [-0.3, -0.25) is 20.2 Å². The van der Waals surface area contributed by atoms with Gasteiger partial charge in [-0.1, -0.05) is 24.3 Å². The molecule has 3 rings (SSSR count). The Morgan fingerprint density at radius 3 is 2.26 bits per heavy atom. The molecule has 0 aliphatic carbocycles. The van der Waals surface area contributed by atoms with Crippen molar-refractivity contribution in [1.29, 1.82) is 0 Å². The molecule has 1 unspecified atom stereocenters. The summed E-state index contributed by atoms with van der Waals surface area (Å²) in [5.41, 5.74) is -5.73. The average molecular weight is 474 g/mol. The second-order valence-corrected chi connectivity index (χ2v) is 6.82. The fourth-order valence-electron chi connectivity index (χ4n) is 3.63. The van der Waals surface area contributed by atoms with Crippen LogP contribution >= 0.6 is 0 Å². The first-order valence-corrected chi connectivity index (χ1v) is 9.67. The van der Waals surface area contributed by atoms with Crippen molar-refractivity contribution in [1.82, 2.24) is 4.90 Å². The van der Waals surface area contributed by atoms with Crippen molar-refractivity contribution in [2.75, 3.05) is 20.8 Å². The van der Waals surface area contributed by atoms with Gasteiger partial charge in [-0.2, -0.15) is 0 Å². The topological polar surface area (TPSA) is 181 Å². The van der Waals surface area contributed by atoms with Crippen molar-refractivity contribution in [3.8, 4) is 0 Å². The predicted octanol–water partition coefficient (Wildman–Crippen LogP) is 0.839. The lowest BCUT2D eigenvalue weighted by Crippen LogP contribution is -2.62. The summed E-state index contributed by atoms with van der Waals surface area (Å²) >= 11 is 0. The maximum Gasteiger partial charge on any atom is 0.596 e. The molecule has 0 radical (unpaired) electrons. The minimum atomic E-state index is -3.87. The number of carbonyl (C=O) groups is 3. The van der Waals surface area contributed by atoms with Crippen molar-refractivity contribution >= 4 is 29.7 Å². The van der Waals surface area contributed by atoms with Gasteiger partial charge in [-0.25, -0.2) is 19.4 Å². The Morgan fingerprint density at radius 2 is 1.71 bits per heavy atom.